The van der Waals surface area contributed by atoms with Crippen LogP contribution in [0.4, 0.5) is 0 Å². The van der Waals surface area contributed by atoms with Gasteiger partial charge in [0.25, 0.3) is 0 Å². The van der Waals surface area contributed by atoms with Gasteiger partial charge in [-0.15, -0.1) is 10.2 Å². The number of halogens is 2. The summed E-state index contributed by atoms with van der Waals surface area (Å²) in [6.07, 6.45) is 5.34. The zero-order valence-electron chi connectivity index (χ0n) is 13.8. The number of hydrogen-bond donors (Lipinski definition) is 0. The molecular formula is C17H10Cl2N6O2. The van der Waals surface area contributed by atoms with E-state index in [2.05, 4.69) is 25.1 Å². The second kappa shape index (κ2) is 6.90. The van der Waals surface area contributed by atoms with E-state index in [0.29, 0.717) is 28.8 Å². The lowest BCUT2D eigenvalue weighted by molar-refractivity contribution is 0.111. The molecule has 4 rings (SSSR count). The number of aromatic nitrogens is 6. The van der Waals surface area contributed by atoms with Crippen molar-refractivity contribution < 1.29 is 9.53 Å². The molecule has 0 spiro atoms. The Kier molecular flexibility index (Phi) is 4.43. The topological polar surface area (TPSA) is 95.7 Å². The Morgan fingerprint density at radius 3 is 2.81 bits per heavy atom. The number of hydrogen-bond acceptors (Lipinski definition) is 7. The Morgan fingerprint density at radius 2 is 2.11 bits per heavy atom. The fraction of sp³-hybridized carbons (Fsp3) is 0.0588. The van der Waals surface area contributed by atoms with Crippen molar-refractivity contribution in [2.45, 2.75) is 0 Å². The van der Waals surface area contributed by atoms with Crippen LogP contribution in [0.2, 0.25) is 10.0 Å². The summed E-state index contributed by atoms with van der Waals surface area (Å²) in [5.74, 6) is 0.580. The van der Waals surface area contributed by atoms with Gasteiger partial charge in [0.1, 0.15) is 11.8 Å². The van der Waals surface area contributed by atoms with Gasteiger partial charge < -0.3 is 4.74 Å². The molecule has 0 N–H and O–H groups in total. The molecule has 0 saturated heterocycles. The van der Waals surface area contributed by atoms with Crippen molar-refractivity contribution in [3.63, 3.8) is 0 Å². The van der Waals surface area contributed by atoms with E-state index in [-0.39, 0.29) is 21.6 Å². The van der Waals surface area contributed by atoms with Gasteiger partial charge in [-0.25, -0.2) is 9.97 Å². The summed E-state index contributed by atoms with van der Waals surface area (Å²) in [6, 6.07) is 5.17. The molecule has 10 heteroatoms. The second-order valence-corrected chi connectivity index (χ2v) is 6.18. The van der Waals surface area contributed by atoms with Crippen LogP contribution >= 0.6 is 23.2 Å². The molecule has 0 saturated carbocycles. The fourth-order valence-corrected chi connectivity index (χ4v) is 3.09. The molecule has 0 aliphatic rings. The fourth-order valence-electron chi connectivity index (χ4n) is 2.66. The Bertz CT molecular complexity index is 1160. The first-order valence-electron chi connectivity index (χ1n) is 7.63. The Balaban J connectivity index is 2.07. The first-order valence-corrected chi connectivity index (χ1v) is 8.39. The van der Waals surface area contributed by atoms with E-state index in [9.17, 15) is 4.79 Å². The Morgan fingerprint density at radius 1 is 1.26 bits per heavy atom. The molecule has 0 bridgehead atoms. The Hall–Kier alpha value is -3.10. The van der Waals surface area contributed by atoms with Gasteiger partial charge in [-0.2, -0.15) is 0 Å². The smallest absolute Gasteiger partial charge is 0.243 e. The van der Waals surface area contributed by atoms with Gasteiger partial charge in [0.15, 0.2) is 17.8 Å². The molecule has 4 aromatic rings. The predicted molar refractivity (Wildman–Crippen MR) is 99.6 cm³/mol. The van der Waals surface area contributed by atoms with Crippen molar-refractivity contribution in [3.8, 4) is 23.0 Å². The van der Waals surface area contributed by atoms with Crippen LogP contribution in [0.15, 0.2) is 36.9 Å². The van der Waals surface area contributed by atoms with Gasteiger partial charge in [0, 0.05) is 18.0 Å². The summed E-state index contributed by atoms with van der Waals surface area (Å²) in [4.78, 5) is 24.2. The molecule has 8 nitrogen and oxygen atoms in total. The third-order valence-corrected chi connectivity index (χ3v) is 4.61. The van der Waals surface area contributed by atoms with E-state index < -0.39 is 0 Å². The summed E-state index contributed by atoms with van der Waals surface area (Å²) in [5.41, 5.74) is 1.93. The summed E-state index contributed by atoms with van der Waals surface area (Å²) < 4.78 is 6.75. The number of fused-ring (bicyclic) bond motifs is 1. The third kappa shape index (κ3) is 2.88. The highest BCUT2D eigenvalue weighted by molar-refractivity contribution is 6.44. The third-order valence-electron chi connectivity index (χ3n) is 3.83. The van der Waals surface area contributed by atoms with Crippen LogP contribution in [0.3, 0.4) is 0 Å². The summed E-state index contributed by atoms with van der Waals surface area (Å²) >= 11 is 12.8. The van der Waals surface area contributed by atoms with Crippen LogP contribution in [-0.4, -0.2) is 43.1 Å². The molecule has 0 fully saturated rings. The molecule has 3 heterocycles. The van der Waals surface area contributed by atoms with E-state index in [1.54, 1.807) is 29.1 Å². The molecule has 0 unspecified atom stereocenters. The minimum Gasteiger partial charge on any atom is -0.479 e. The quantitative estimate of drug-likeness (QED) is 0.484. The molecule has 0 amide bonds. The van der Waals surface area contributed by atoms with E-state index in [1.165, 1.54) is 13.4 Å². The van der Waals surface area contributed by atoms with Crippen molar-refractivity contribution in [3.05, 3.63) is 52.7 Å². The highest BCUT2D eigenvalue weighted by Gasteiger charge is 2.21. The largest absolute Gasteiger partial charge is 0.479 e. The lowest BCUT2D eigenvalue weighted by atomic mass is 10.2. The summed E-state index contributed by atoms with van der Waals surface area (Å²) in [7, 11) is 1.40. The van der Waals surface area contributed by atoms with Crippen LogP contribution in [0, 0.1) is 0 Å². The van der Waals surface area contributed by atoms with Crippen molar-refractivity contribution in [2.24, 2.45) is 0 Å². The highest BCUT2D eigenvalue weighted by atomic mass is 35.5. The SMILES string of the molecule is COc1nc2cc(Cl)c(Cl)c(-n3cnnc3-c3cccnc3)c2nc1C=O. The summed E-state index contributed by atoms with van der Waals surface area (Å²) in [5, 5.41) is 8.61. The summed E-state index contributed by atoms with van der Waals surface area (Å²) in [6.45, 7) is 0. The lowest BCUT2D eigenvalue weighted by Gasteiger charge is -2.13. The number of benzene rings is 1. The number of aldehydes is 1. The number of nitrogens with zero attached hydrogens (tertiary/aromatic N) is 6. The first kappa shape index (κ1) is 17.3. The Labute approximate surface area is 162 Å². The number of methoxy groups -OCH3 is 1. The maximum atomic E-state index is 11.4. The van der Waals surface area contributed by atoms with Gasteiger partial charge in [0.2, 0.25) is 5.88 Å². The van der Waals surface area contributed by atoms with Crippen molar-refractivity contribution >= 4 is 40.5 Å². The normalized spacial score (nSPS) is 10.9. The number of ether oxygens (including phenoxy) is 1. The maximum absolute atomic E-state index is 11.4. The van der Waals surface area contributed by atoms with Crippen molar-refractivity contribution in [2.75, 3.05) is 7.11 Å². The first-order chi connectivity index (χ1) is 13.1. The second-order valence-electron chi connectivity index (χ2n) is 5.39. The molecule has 27 heavy (non-hydrogen) atoms. The van der Waals surface area contributed by atoms with E-state index in [0.717, 1.165) is 5.56 Å². The standard InChI is InChI=1S/C17H10Cl2N6O2/c1-27-17-12(7-26)22-14-11(23-17)5-10(18)13(19)15(14)25-8-21-24-16(25)9-3-2-4-20-6-9/h2-8H,1H3. The van der Waals surface area contributed by atoms with Crippen LogP contribution in [-0.2, 0) is 0 Å². The van der Waals surface area contributed by atoms with Crippen LogP contribution in [0.5, 0.6) is 5.88 Å². The van der Waals surface area contributed by atoms with Gasteiger partial charge >= 0.3 is 0 Å². The van der Waals surface area contributed by atoms with Crippen LogP contribution in [0.1, 0.15) is 10.5 Å². The van der Waals surface area contributed by atoms with E-state index >= 15 is 0 Å². The molecule has 3 aromatic heterocycles. The molecule has 0 aliphatic heterocycles. The molecule has 1 aromatic carbocycles. The van der Waals surface area contributed by atoms with Gasteiger partial charge in [-0.3, -0.25) is 14.3 Å². The number of rotatable bonds is 4. The van der Waals surface area contributed by atoms with Gasteiger partial charge in [-0.1, -0.05) is 23.2 Å². The highest BCUT2D eigenvalue weighted by Crippen LogP contribution is 2.37. The van der Waals surface area contributed by atoms with E-state index in [1.807, 2.05) is 6.07 Å². The van der Waals surface area contributed by atoms with E-state index in [4.69, 9.17) is 27.9 Å². The average molecular weight is 401 g/mol. The molecule has 0 radical (unpaired) electrons. The molecular weight excluding hydrogens is 391 g/mol. The van der Waals surface area contributed by atoms with Crippen LogP contribution < -0.4 is 4.74 Å². The molecule has 134 valence electrons. The van der Waals surface area contributed by atoms with Crippen molar-refractivity contribution in [1.82, 2.24) is 29.7 Å². The number of pyridine rings is 1. The van der Waals surface area contributed by atoms with Crippen molar-refractivity contribution in [1.29, 1.82) is 0 Å². The maximum Gasteiger partial charge on any atom is 0.243 e. The van der Waals surface area contributed by atoms with Gasteiger partial charge in [0.05, 0.1) is 28.4 Å². The molecule has 0 atom stereocenters. The van der Waals surface area contributed by atoms with Gasteiger partial charge in [-0.05, 0) is 18.2 Å². The number of carbonyl (C=O) groups is 1. The number of carbonyl (C=O) groups excluding carboxylic acids is 1. The predicted octanol–water partition coefficient (Wildman–Crippen LogP) is 3.40. The molecule has 0 aliphatic carbocycles. The minimum atomic E-state index is 0.0423. The van der Waals surface area contributed by atoms with Crippen LogP contribution in [0.25, 0.3) is 28.1 Å². The monoisotopic (exact) mass is 400 g/mol. The minimum absolute atomic E-state index is 0.0423. The lowest BCUT2D eigenvalue weighted by Crippen LogP contribution is -2.04. The average Bonchev–Trinajstić information content (AvgIpc) is 3.18. The zero-order chi connectivity index (χ0) is 19.0. The zero-order valence-corrected chi connectivity index (χ0v) is 15.3.